The van der Waals surface area contributed by atoms with Crippen molar-refractivity contribution in [2.45, 2.75) is 6.54 Å². The first kappa shape index (κ1) is 19.5. The first-order valence-corrected chi connectivity index (χ1v) is 9.30. The minimum absolute atomic E-state index is 0.0441. The highest BCUT2D eigenvalue weighted by Gasteiger charge is 2.29. The summed E-state index contributed by atoms with van der Waals surface area (Å²) in [4.78, 5) is 42.3. The lowest BCUT2D eigenvalue weighted by Gasteiger charge is -2.35. The maximum atomic E-state index is 12.6. The number of nitrogens with zero attached hydrogens (tertiary/aromatic N) is 6. The van der Waals surface area contributed by atoms with Crippen LogP contribution in [0.4, 0.5) is 17.2 Å². The van der Waals surface area contributed by atoms with Crippen LogP contribution >= 0.6 is 0 Å². The molecule has 0 amide bonds. The van der Waals surface area contributed by atoms with Gasteiger partial charge in [0.1, 0.15) is 5.65 Å². The van der Waals surface area contributed by atoms with Gasteiger partial charge in [0.25, 0.3) is 5.69 Å². The van der Waals surface area contributed by atoms with Crippen molar-refractivity contribution < 1.29 is 9.85 Å². The molecule has 0 radical (unpaired) electrons. The highest BCUT2D eigenvalue weighted by molar-refractivity contribution is 5.61. The number of aromatic nitrogens is 2. The lowest BCUT2D eigenvalue weighted by molar-refractivity contribution is -0.385. The van der Waals surface area contributed by atoms with Crippen LogP contribution < -0.4 is 10.5 Å². The third kappa shape index (κ3) is 3.70. The van der Waals surface area contributed by atoms with Gasteiger partial charge in [-0.05, 0) is 17.7 Å². The average Bonchev–Trinajstić information content (AvgIpc) is 2.74. The van der Waals surface area contributed by atoms with E-state index >= 15 is 0 Å². The van der Waals surface area contributed by atoms with Crippen molar-refractivity contribution in [3.8, 4) is 0 Å². The second-order valence-corrected chi connectivity index (χ2v) is 6.97. The van der Waals surface area contributed by atoms with E-state index < -0.39 is 21.1 Å². The lowest BCUT2D eigenvalue weighted by atomic mass is 10.1. The molecule has 1 fully saturated rings. The summed E-state index contributed by atoms with van der Waals surface area (Å²) in [5.74, 6) is 0.0752. The molecule has 3 aromatic rings. The number of nitro benzene ring substituents is 1. The molecule has 1 aliphatic heterocycles. The summed E-state index contributed by atoms with van der Waals surface area (Å²) in [5.41, 5.74) is -0.0270. The highest BCUT2D eigenvalue weighted by Crippen LogP contribution is 2.24. The zero-order chi connectivity index (χ0) is 21.3. The monoisotopic (exact) mass is 410 g/mol. The normalized spacial score (nSPS) is 14.7. The Bertz CT molecular complexity index is 1190. The topological polar surface area (TPSA) is 127 Å². The van der Waals surface area contributed by atoms with Gasteiger partial charge < -0.3 is 4.90 Å². The van der Waals surface area contributed by atoms with Crippen LogP contribution in [0.5, 0.6) is 0 Å². The molecule has 0 N–H and O–H groups in total. The molecule has 1 saturated heterocycles. The first-order chi connectivity index (χ1) is 14.4. The van der Waals surface area contributed by atoms with Gasteiger partial charge in [-0.1, -0.05) is 18.2 Å². The fourth-order valence-electron chi connectivity index (χ4n) is 3.59. The van der Waals surface area contributed by atoms with E-state index in [2.05, 4.69) is 9.88 Å². The third-order valence-corrected chi connectivity index (χ3v) is 5.07. The largest absolute Gasteiger partial charge is 0.376 e. The number of piperazine rings is 1. The second-order valence-electron chi connectivity index (χ2n) is 6.97. The number of hydrogen-bond acceptors (Lipinski definition) is 8. The van der Waals surface area contributed by atoms with Crippen LogP contribution in [-0.4, -0.2) is 50.3 Å². The van der Waals surface area contributed by atoms with Gasteiger partial charge in [0.05, 0.1) is 9.85 Å². The molecule has 11 nitrogen and oxygen atoms in total. The quantitative estimate of drug-likeness (QED) is 0.460. The van der Waals surface area contributed by atoms with E-state index in [4.69, 9.17) is 0 Å². The van der Waals surface area contributed by atoms with Crippen LogP contribution in [0, 0.1) is 20.2 Å². The Hall–Kier alpha value is -3.86. The van der Waals surface area contributed by atoms with Crippen molar-refractivity contribution in [2.24, 2.45) is 0 Å². The molecule has 0 atom stereocenters. The fraction of sp³-hybridized carbons (Fsp3) is 0.263. The first-order valence-electron chi connectivity index (χ1n) is 9.30. The summed E-state index contributed by atoms with van der Waals surface area (Å²) < 4.78 is 1.17. The Morgan fingerprint density at radius 3 is 2.43 bits per heavy atom. The summed E-state index contributed by atoms with van der Waals surface area (Å²) in [6.07, 6.45) is 1.46. The number of hydrogen-bond donors (Lipinski definition) is 0. The maximum absolute atomic E-state index is 12.6. The van der Waals surface area contributed by atoms with E-state index in [-0.39, 0.29) is 11.5 Å². The van der Waals surface area contributed by atoms with Gasteiger partial charge in [0.15, 0.2) is 0 Å². The van der Waals surface area contributed by atoms with Crippen molar-refractivity contribution in [1.82, 2.24) is 14.3 Å². The van der Waals surface area contributed by atoms with Gasteiger partial charge in [0, 0.05) is 51.1 Å². The third-order valence-electron chi connectivity index (χ3n) is 5.07. The molecule has 11 heteroatoms. The highest BCUT2D eigenvalue weighted by atomic mass is 16.6. The standard InChI is InChI=1S/C19H18N6O5/c26-19-17(25(29)30)18(20-16-6-1-2-7-23(16)19)22-10-8-21(9-11-22)13-14-4-3-5-15(12-14)24(27)28/h1-7,12H,8-11,13H2. The second kappa shape index (κ2) is 7.87. The molecule has 0 unspecified atom stereocenters. The molecule has 0 spiro atoms. The zero-order valence-electron chi connectivity index (χ0n) is 15.9. The van der Waals surface area contributed by atoms with Crippen LogP contribution in [0.25, 0.3) is 5.65 Å². The van der Waals surface area contributed by atoms with Crippen LogP contribution in [0.2, 0.25) is 0 Å². The molecule has 0 aliphatic carbocycles. The predicted molar refractivity (Wildman–Crippen MR) is 109 cm³/mol. The number of benzene rings is 1. The van der Waals surface area contributed by atoms with Crippen LogP contribution in [0.1, 0.15) is 5.56 Å². The van der Waals surface area contributed by atoms with Gasteiger partial charge >= 0.3 is 11.2 Å². The van der Waals surface area contributed by atoms with Crippen molar-refractivity contribution in [2.75, 3.05) is 31.1 Å². The minimum Gasteiger partial charge on any atom is -0.348 e. The van der Waals surface area contributed by atoms with E-state index in [0.717, 1.165) is 5.56 Å². The van der Waals surface area contributed by atoms with Crippen molar-refractivity contribution in [3.63, 3.8) is 0 Å². The average molecular weight is 410 g/mol. The van der Waals surface area contributed by atoms with Crippen LogP contribution in [-0.2, 0) is 6.54 Å². The van der Waals surface area contributed by atoms with E-state index in [1.54, 1.807) is 35.2 Å². The Labute approximate surface area is 170 Å². The Kier molecular flexibility index (Phi) is 5.11. The van der Waals surface area contributed by atoms with Gasteiger partial charge in [-0.3, -0.25) is 34.3 Å². The molecular formula is C19H18N6O5. The summed E-state index contributed by atoms with van der Waals surface area (Å²) in [6, 6.07) is 11.4. The summed E-state index contributed by atoms with van der Waals surface area (Å²) >= 11 is 0. The summed E-state index contributed by atoms with van der Waals surface area (Å²) in [5, 5.41) is 22.5. The Balaban J connectivity index is 1.54. The molecule has 2 aromatic heterocycles. The number of nitro groups is 2. The number of anilines is 1. The Morgan fingerprint density at radius 1 is 0.967 bits per heavy atom. The molecule has 0 bridgehead atoms. The fourth-order valence-corrected chi connectivity index (χ4v) is 3.59. The number of rotatable bonds is 5. The molecule has 1 aromatic carbocycles. The smallest absolute Gasteiger partial charge is 0.348 e. The van der Waals surface area contributed by atoms with Gasteiger partial charge in [-0.2, -0.15) is 0 Å². The summed E-state index contributed by atoms with van der Waals surface area (Å²) in [7, 11) is 0. The van der Waals surface area contributed by atoms with E-state index in [1.807, 2.05) is 6.07 Å². The lowest BCUT2D eigenvalue weighted by Crippen LogP contribution is -2.47. The van der Waals surface area contributed by atoms with Crippen LogP contribution in [0.15, 0.2) is 53.5 Å². The van der Waals surface area contributed by atoms with Crippen LogP contribution in [0.3, 0.4) is 0 Å². The number of non-ortho nitro benzene ring substituents is 1. The zero-order valence-corrected chi connectivity index (χ0v) is 15.9. The van der Waals surface area contributed by atoms with Gasteiger partial charge in [-0.25, -0.2) is 4.98 Å². The maximum Gasteiger partial charge on any atom is 0.376 e. The van der Waals surface area contributed by atoms with Crippen molar-refractivity contribution in [3.05, 3.63) is 84.8 Å². The molecule has 30 heavy (non-hydrogen) atoms. The number of fused-ring (bicyclic) bond motifs is 1. The molecule has 3 heterocycles. The minimum atomic E-state index is -0.709. The molecule has 4 rings (SSSR count). The van der Waals surface area contributed by atoms with E-state index in [1.165, 1.54) is 16.7 Å². The molecule has 0 saturated carbocycles. The Morgan fingerprint density at radius 2 is 1.73 bits per heavy atom. The van der Waals surface area contributed by atoms with Gasteiger partial charge in [-0.15, -0.1) is 0 Å². The molecular weight excluding hydrogens is 392 g/mol. The van der Waals surface area contributed by atoms with Crippen molar-refractivity contribution in [1.29, 1.82) is 0 Å². The number of pyridine rings is 1. The van der Waals surface area contributed by atoms with Crippen molar-refractivity contribution >= 4 is 22.8 Å². The van der Waals surface area contributed by atoms with E-state index in [0.29, 0.717) is 38.4 Å². The molecule has 154 valence electrons. The van der Waals surface area contributed by atoms with Gasteiger partial charge in [0.2, 0.25) is 5.82 Å². The SMILES string of the molecule is O=c1c([N+](=O)[O-])c(N2CCN(Cc3cccc([N+](=O)[O-])c3)CC2)nc2ccccn12. The molecule has 1 aliphatic rings. The van der Waals surface area contributed by atoms with E-state index in [9.17, 15) is 25.0 Å². The predicted octanol–water partition coefficient (Wildman–Crippen LogP) is 1.83. The summed E-state index contributed by atoms with van der Waals surface area (Å²) in [6.45, 7) is 2.59.